The number of nitrogens with one attached hydrogen (secondary N) is 1. The molecule has 108 valence electrons. The van der Waals surface area contributed by atoms with Crippen LogP contribution in [0.15, 0.2) is 51.6 Å². The van der Waals surface area contributed by atoms with Crippen molar-refractivity contribution in [3.05, 3.63) is 64.1 Å². The maximum absolute atomic E-state index is 6.10. The fourth-order valence-electron chi connectivity index (χ4n) is 2.54. The Morgan fingerprint density at radius 1 is 1.29 bits per heavy atom. The van der Waals surface area contributed by atoms with Gasteiger partial charge in [0, 0.05) is 22.3 Å². The van der Waals surface area contributed by atoms with Gasteiger partial charge in [0.25, 0.3) is 0 Å². The molecule has 0 fully saturated rings. The van der Waals surface area contributed by atoms with Crippen molar-refractivity contribution in [2.45, 2.75) is 19.9 Å². The second-order valence-electron chi connectivity index (χ2n) is 5.07. The van der Waals surface area contributed by atoms with E-state index in [4.69, 9.17) is 4.42 Å². The topological polar surface area (TPSA) is 38.1 Å². The molecular formula is C17H17BrN2O. The van der Waals surface area contributed by atoms with Gasteiger partial charge in [0.15, 0.2) is 0 Å². The average molecular weight is 345 g/mol. The van der Waals surface area contributed by atoms with Crippen molar-refractivity contribution in [1.82, 2.24) is 10.3 Å². The number of pyridine rings is 1. The van der Waals surface area contributed by atoms with Gasteiger partial charge in [0.05, 0.1) is 6.04 Å². The number of furan rings is 1. The Kier molecular flexibility index (Phi) is 4.08. The predicted octanol–water partition coefficient (Wildman–Crippen LogP) is 4.60. The number of fused-ring (bicyclic) bond motifs is 1. The summed E-state index contributed by atoms with van der Waals surface area (Å²) >= 11 is 3.48. The minimum atomic E-state index is 0.00630. The van der Waals surface area contributed by atoms with E-state index in [9.17, 15) is 0 Å². The zero-order valence-electron chi connectivity index (χ0n) is 12.1. The number of aryl methyl sites for hydroxylation is 1. The summed E-state index contributed by atoms with van der Waals surface area (Å²) < 4.78 is 7.07. The summed E-state index contributed by atoms with van der Waals surface area (Å²) in [4.78, 5) is 4.26. The van der Waals surface area contributed by atoms with Crippen molar-refractivity contribution in [3.8, 4) is 0 Å². The number of rotatable bonds is 4. The highest BCUT2D eigenvalue weighted by Gasteiger charge is 2.18. The molecule has 0 bridgehead atoms. The normalized spacial score (nSPS) is 12.7. The lowest BCUT2D eigenvalue weighted by atomic mass is 10.1. The van der Waals surface area contributed by atoms with E-state index in [-0.39, 0.29) is 6.04 Å². The third-order valence-electron chi connectivity index (χ3n) is 3.51. The molecule has 0 aliphatic carbocycles. The third-order valence-corrected chi connectivity index (χ3v) is 3.95. The van der Waals surface area contributed by atoms with Gasteiger partial charge < -0.3 is 9.73 Å². The van der Waals surface area contributed by atoms with Crippen molar-refractivity contribution in [2.24, 2.45) is 0 Å². The number of para-hydroxylation sites is 1. The maximum atomic E-state index is 6.10. The van der Waals surface area contributed by atoms with E-state index in [1.54, 1.807) is 6.20 Å². The largest absolute Gasteiger partial charge is 0.459 e. The number of aromatic nitrogens is 1. The molecule has 21 heavy (non-hydrogen) atoms. The molecule has 3 aromatic rings. The molecule has 0 saturated carbocycles. The first-order chi connectivity index (χ1) is 10.2. The number of benzene rings is 1. The smallest absolute Gasteiger partial charge is 0.137 e. The minimum absolute atomic E-state index is 0.00630. The third kappa shape index (κ3) is 2.87. The first kappa shape index (κ1) is 14.3. The van der Waals surface area contributed by atoms with Crippen LogP contribution in [0.3, 0.4) is 0 Å². The fraction of sp³-hybridized carbons (Fsp3) is 0.235. The standard InChI is InChI=1S/C17H17BrN2O/c1-3-20-16(13-7-14(18)10-19-9-13)15-8-12-6-4-5-11(2)17(12)21-15/h4-10,16,20H,3H2,1-2H3. The molecule has 1 unspecified atom stereocenters. The van der Waals surface area contributed by atoms with Crippen molar-refractivity contribution in [2.75, 3.05) is 6.54 Å². The predicted molar refractivity (Wildman–Crippen MR) is 88.4 cm³/mol. The number of halogens is 1. The summed E-state index contributed by atoms with van der Waals surface area (Å²) in [7, 11) is 0. The summed E-state index contributed by atoms with van der Waals surface area (Å²) in [5.41, 5.74) is 3.20. The number of hydrogen-bond acceptors (Lipinski definition) is 3. The van der Waals surface area contributed by atoms with E-state index in [1.165, 1.54) is 0 Å². The molecule has 3 rings (SSSR count). The van der Waals surface area contributed by atoms with Crippen LogP contribution in [0, 0.1) is 6.92 Å². The molecular weight excluding hydrogens is 328 g/mol. The van der Waals surface area contributed by atoms with E-state index in [1.807, 2.05) is 6.20 Å². The molecule has 0 saturated heterocycles. The van der Waals surface area contributed by atoms with Crippen LogP contribution in [-0.2, 0) is 0 Å². The lowest BCUT2D eigenvalue weighted by Gasteiger charge is -2.15. The number of hydrogen-bond donors (Lipinski definition) is 1. The maximum Gasteiger partial charge on any atom is 0.137 e. The van der Waals surface area contributed by atoms with E-state index >= 15 is 0 Å². The van der Waals surface area contributed by atoms with Crippen LogP contribution in [0.25, 0.3) is 11.0 Å². The fourth-order valence-corrected chi connectivity index (χ4v) is 2.93. The van der Waals surface area contributed by atoms with E-state index < -0.39 is 0 Å². The Balaban J connectivity index is 2.09. The van der Waals surface area contributed by atoms with Crippen molar-refractivity contribution in [3.63, 3.8) is 0 Å². The van der Waals surface area contributed by atoms with Gasteiger partial charge in [-0.3, -0.25) is 4.98 Å². The summed E-state index contributed by atoms with van der Waals surface area (Å²) in [6, 6.07) is 10.4. The van der Waals surface area contributed by atoms with Crippen LogP contribution in [0.2, 0.25) is 0 Å². The van der Waals surface area contributed by atoms with Gasteiger partial charge in [-0.2, -0.15) is 0 Å². The molecule has 1 N–H and O–H groups in total. The van der Waals surface area contributed by atoms with Crippen LogP contribution in [0.1, 0.15) is 29.9 Å². The molecule has 4 heteroatoms. The summed E-state index contributed by atoms with van der Waals surface area (Å²) in [5.74, 6) is 0.918. The second-order valence-corrected chi connectivity index (χ2v) is 5.98. The van der Waals surface area contributed by atoms with Crippen molar-refractivity contribution >= 4 is 26.9 Å². The van der Waals surface area contributed by atoms with Crippen molar-refractivity contribution in [1.29, 1.82) is 0 Å². The molecule has 0 amide bonds. The second kappa shape index (κ2) is 6.00. The highest BCUT2D eigenvalue weighted by molar-refractivity contribution is 9.10. The Bertz CT molecular complexity index is 766. The molecule has 2 heterocycles. The summed E-state index contributed by atoms with van der Waals surface area (Å²) in [6.07, 6.45) is 3.66. The van der Waals surface area contributed by atoms with Crippen molar-refractivity contribution < 1.29 is 4.42 Å². The molecule has 1 aromatic carbocycles. The molecule has 0 spiro atoms. The Labute approximate surface area is 132 Å². The highest BCUT2D eigenvalue weighted by Crippen LogP contribution is 2.30. The zero-order valence-corrected chi connectivity index (χ0v) is 13.6. The Morgan fingerprint density at radius 2 is 2.14 bits per heavy atom. The van der Waals surface area contributed by atoms with E-state index in [0.717, 1.165) is 38.9 Å². The summed E-state index contributed by atoms with van der Waals surface area (Å²) in [5, 5.41) is 4.60. The molecule has 1 atom stereocenters. The van der Waals surface area contributed by atoms with Gasteiger partial charge in [0.2, 0.25) is 0 Å². The van der Waals surface area contributed by atoms with Crippen LogP contribution in [0.5, 0.6) is 0 Å². The molecule has 0 aliphatic heterocycles. The monoisotopic (exact) mass is 344 g/mol. The van der Waals surface area contributed by atoms with Gasteiger partial charge in [-0.25, -0.2) is 0 Å². The SMILES string of the molecule is CCNC(c1cncc(Br)c1)c1cc2cccc(C)c2o1. The average Bonchev–Trinajstić information content (AvgIpc) is 2.90. The lowest BCUT2D eigenvalue weighted by molar-refractivity contribution is 0.475. The lowest BCUT2D eigenvalue weighted by Crippen LogP contribution is -2.21. The van der Waals surface area contributed by atoms with Gasteiger partial charge in [-0.05, 0) is 52.7 Å². The van der Waals surface area contributed by atoms with Crippen LogP contribution in [-0.4, -0.2) is 11.5 Å². The van der Waals surface area contributed by atoms with Gasteiger partial charge >= 0.3 is 0 Å². The van der Waals surface area contributed by atoms with Crippen LogP contribution < -0.4 is 5.32 Å². The van der Waals surface area contributed by atoms with E-state index in [2.05, 4.69) is 70.4 Å². The number of nitrogens with zero attached hydrogens (tertiary/aromatic N) is 1. The summed E-state index contributed by atoms with van der Waals surface area (Å²) in [6.45, 7) is 5.01. The molecule has 0 radical (unpaired) electrons. The van der Waals surface area contributed by atoms with Gasteiger partial charge in [-0.15, -0.1) is 0 Å². The molecule has 2 aromatic heterocycles. The molecule has 0 aliphatic rings. The Morgan fingerprint density at radius 3 is 2.86 bits per heavy atom. The van der Waals surface area contributed by atoms with Crippen LogP contribution >= 0.6 is 15.9 Å². The quantitative estimate of drug-likeness (QED) is 0.751. The van der Waals surface area contributed by atoms with E-state index in [0.29, 0.717) is 0 Å². The van der Waals surface area contributed by atoms with Crippen LogP contribution in [0.4, 0.5) is 0 Å². The van der Waals surface area contributed by atoms with Gasteiger partial charge in [0.1, 0.15) is 11.3 Å². The highest BCUT2D eigenvalue weighted by atomic mass is 79.9. The minimum Gasteiger partial charge on any atom is -0.459 e. The van der Waals surface area contributed by atoms with Gasteiger partial charge in [-0.1, -0.05) is 25.1 Å². The molecule has 3 nitrogen and oxygen atoms in total. The first-order valence-electron chi connectivity index (χ1n) is 7.02. The Hall–Kier alpha value is -1.65. The first-order valence-corrected chi connectivity index (χ1v) is 7.81. The zero-order chi connectivity index (χ0) is 14.8.